The van der Waals surface area contributed by atoms with E-state index < -0.39 is 10.0 Å². The molecule has 4 heterocycles. The molecule has 9 heteroatoms. The Balaban J connectivity index is 1.23. The minimum Gasteiger partial charge on any atom is -0.360 e. The molecule has 3 aliphatic heterocycles. The number of carbonyl (C=O) groups is 1. The van der Waals surface area contributed by atoms with E-state index in [0.717, 1.165) is 57.4 Å². The average molecular weight is 437 g/mol. The van der Waals surface area contributed by atoms with E-state index in [1.165, 1.54) is 0 Å². The maximum Gasteiger partial charge on any atom is 0.273 e. The summed E-state index contributed by atoms with van der Waals surface area (Å²) in [5, 5.41) is 9.99. The van der Waals surface area contributed by atoms with Crippen LogP contribution in [0, 0.1) is 5.92 Å². The third-order valence-electron chi connectivity index (χ3n) is 7.55. The van der Waals surface area contributed by atoms with Crippen molar-refractivity contribution in [3.8, 4) is 0 Å². The van der Waals surface area contributed by atoms with E-state index in [0.29, 0.717) is 24.5 Å². The summed E-state index contributed by atoms with van der Waals surface area (Å²) in [4.78, 5) is 12.6. The fourth-order valence-electron chi connectivity index (χ4n) is 5.63. The summed E-state index contributed by atoms with van der Waals surface area (Å²) in [6.07, 6.45) is 7.15. The molecule has 5 rings (SSSR count). The van der Waals surface area contributed by atoms with Gasteiger partial charge < -0.3 is 15.2 Å². The van der Waals surface area contributed by atoms with Crippen LogP contribution in [0.4, 0.5) is 0 Å². The first-order valence-electron chi connectivity index (χ1n) is 11.4. The maximum atomic E-state index is 13.5. The molecule has 1 amide bonds. The van der Waals surface area contributed by atoms with Crippen LogP contribution < -0.4 is 10.6 Å². The van der Waals surface area contributed by atoms with Crippen molar-refractivity contribution in [1.82, 2.24) is 20.1 Å². The van der Waals surface area contributed by atoms with Crippen LogP contribution in [0.3, 0.4) is 0 Å². The van der Waals surface area contributed by atoms with Gasteiger partial charge in [0, 0.05) is 30.1 Å². The Bertz CT molecular complexity index is 877. The van der Waals surface area contributed by atoms with Crippen molar-refractivity contribution in [2.75, 3.05) is 13.1 Å². The van der Waals surface area contributed by atoms with Gasteiger partial charge in [-0.25, -0.2) is 8.42 Å². The van der Waals surface area contributed by atoms with Gasteiger partial charge in [-0.3, -0.25) is 4.79 Å². The molecule has 3 saturated heterocycles. The lowest BCUT2D eigenvalue weighted by molar-refractivity contribution is 0.0899. The highest BCUT2D eigenvalue weighted by Gasteiger charge is 2.49. The summed E-state index contributed by atoms with van der Waals surface area (Å²) in [5.74, 6) is 1.23. The van der Waals surface area contributed by atoms with Crippen molar-refractivity contribution in [2.24, 2.45) is 5.92 Å². The fourth-order valence-corrected chi connectivity index (χ4v) is 7.99. The number of nitrogens with one attached hydrogen (secondary N) is 2. The third-order valence-corrected chi connectivity index (χ3v) is 10.1. The first kappa shape index (κ1) is 20.5. The molecule has 1 saturated carbocycles. The molecule has 4 aliphatic rings. The molecule has 8 nitrogen and oxygen atoms in total. The Morgan fingerprint density at radius 2 is 1.83 bits per heavy atom. The van der Waals surface area contributed by atoms with Gasteiger partial charge in [-0.1, -0.05) is 5.16 Å². The molecule has 2 bridgehead atoms. The van der Waals surface area contributed by atoms with Crippen LogP contribution in [-0.4, -0.2) is 60.3 Å². The summed E-state index contributed by atoms with van der Waals surface area (Å²) in [6.45, 7) is 3.69. The summed E-state index contributed by atoms with van der Waals surface area (Å²) >= 11 is 0. The number of fused-ring (bicyclic) bond motifs is 2. The lowest BCUT2D eigenvalue weighted by Crippen LogP contribution is -2.55. The molecule has 4 fully saturated rings. The number of amides is 1. The van der Waals surface area contributed by atoms with E-state index in [1.54, 1.807) is 6.07 Å². The van der Waals surface area contributed by atoms with Crippen molar-refractivity contribution in [3.63, 3.8) is 0 Å². The number of sulfonamides is 1. The number of nitrogens with zero attached hydrogens (tertiary/aromatic N) is 2. The van der Waals surface area contributed by atoms with Crippen molar-refractivity contribution >= 4 is 15.9 Å². The van der Waals surface area contributed by atoms with Crippen LogP contribution >= 0.6 is 0 Å². The van der Waals surface area contributed by atoms with Gasteiger partial charge in [0.05, 0.1) is 5.25 Å². The van der Waals surface area contributed by atoms with E-state index in [9.17, 15) is 13.2 Å². The van der Waals surface area contributed by atoms with Crippen molar-refractivity contribution < 1.29 is 17.7 Å². The third kappa shape index (κ3) is 3.80. The first-order valence-corrected chi connectivity index (χ1v) is 12.9. The molecule has 1 unspecified atom stereocenters. The van der Waals surface area contributed by atoms with Gasteiger partial charge in [-0.2, -0.15) is 4.31 Å². The smallest absolute Gasteiger partial charge is 0.273 e. The van der Waals surface area contributed by atoms with Crippen LogP contribution in [0.15, 0.2) is 10.6 Å². The van der Waals surface area contributed by atoms with Crippen LogP contribution in [0.5, 0.6) is 0 Å². The van der Waals surface area contributed by atoms with Crippen LogP contribution in [0.25, 0.3) is 0 Å². The second-order valence-electron chi connectivity index (χ2n) is 9.58. The molecule has 2 N–H and O–H groups in total. The van der Waals surface area contributed by atoms with Gasteiger partial charge in [0.25, 0.3) is 5.91 Å². The van der Waals surface area contributed by atoms with E-state index in [1.807, 2.05) is 11.2 Å². The molecular formula is C21H32N4O4S. The summed E-state index contributed by atoms with van der Waals surface area (Å²) < 4.78 is 34.0. The van der Waals surface area contributed by atoms with Crippen molar-refractivity contribution in [1.29, 1.82) is 0 Å². The quantitative estimate of drug-likeness (QED) is 0.707. The highest BCUT2D eigenvalue weighted by molar-refractivity contribution is 7.89. The Morgan fingerprint density at radius 1 is 1.17 bits per heavy atom. The van der Waals surface area contributed by atoms with Crippen LogP contribution in [-0.2, 0) is 10.0 Å². The molecule has 1 aromatic rings. The molecular weight excluding hydrogens is 404 g/mol. The topological polar surface area (TPSA) is 105 Å². The van der Waals surface area contributed by atoms with Gasteiger partial charge in [0.15, 0.2) is 5.69 Å². The molecule has 30 heavy (non-hydrogen) atoms. The van der Waals surface area contributed by atoms with E-state index in [4.69, 9.17) is 4.52 Å². The molecule has 1 aromatic heterocycles. The van der Waals surface area contributed by atoms with Crippen LogP contribution in [0.1, 0.15) is 80.5 Å². The summed E-state index contributed by atoms with van der Waals surface area (Å²) in [5.41, 5.74) is 0.332. The first-order chi connectivity index (χ1) is 14.4. The van der Waals surface area contributed by atoms with E-state index in [2.05, 4.69) is 15.8 Å². The maximum absolute atomic E-state index is 13.5. The monoisotopic (exact) mass is 436 g/mol. The van der Waals surface area contributed by atoms with Gasteiger partial charge >= 0.3 is 0 Å². The second-order valence-corrected chi connectivity index (χ2v) is 11.8. The van der Waals surface area contributed by atoms with E-state index >= 15 is 0 Å². The Labute approximate surface area is 178 Å². The van der Waals surface area contributed by atoms with Gasteiger partial charge in [-0.15, -0.1) is 0 Å². The largest absolute Gasteiger partial charge is 0.360 e. The average Bonchev–Trinajstić information content (AvgIpc) is 3.40. The van der Waals surface area contributed by atoms with Crippen LogP contribution in [0.2, 0.25) is 0 Å². The Hall–Kier alpha value is -1.45. The normalized spacial score (nSPS) is 31.6. The second kappa shape index (κ2) is 7.91. The van der Waals surface area contributed by atoms with Gasteiger partial charge in [0.1, 0.15) is 5.76 Å². The molecule has 0 spiro atoms. The zero-order valence-corrected chi connectivity index (χ0v) is 18.4. The Kier molecular flexibility index (Phi) is 5.39. The molecule has 1 aliphatic carbocycles. The number of aromatic nitrogens is 1. The van der Waals surface area contributed by atoms with Crippen molar-refractivity contribution in [2.45, 2.75) is 87.6 Å². The summed E-state index contributed by atoms with van der Waals surface area (Å²) in [7, 11) is -3.34. The zero-order chi connectivity index (χ0) is 20.9. The highest BCUT2D eigenvalue weighted by atomic mass is 32.2. The predicted molar refractivity (Wildman–Crippen MR) is 112 cm³/mol. The lowest BCUT2D eigenvalue weighted by atomic mass is 9.95. The lowest BCUT2D eigenvalue weighted by Gasteiger charge is -2.41. The minimum atomic E-state index is -3.34. The number of hydrogen-bond acceptors (Lipinski definition) is 6. The van der Waals surface area contributed by atoms with Crippen molar-refractivity contribution in [3.05, 3.63) is 17.5 Å². The molecule has 166 valence electrons. The SMILES string of the molecule is C[C@H](C1CCNCC1)S(=O)(=O)N1[C@@H]2CC[C@H]1CC(NC(=O)c1cc(C3CC3)on1)C2. The van der Waals surface area contributed by atoms with Gasteiger partial charge in [0.2, 0.25) is 10.0 Å². The Morgan fingerprint density at radius 3 is 2.47 bits per heavy atom. The minimum absolute atomic E-state index is 0.0115. The molecule has 0 radical (unpaired) electrons. The fraction of sp³-hybridized carbons (Fsp3) is 0.810. The number of piperidine rings is 2. The molecule has 0 aromatic carbocycles. The van der Waals surface area contributed by atoms with Gasteiger partial charge in [-0.05, 0) is 77.3 Å². The van der Waals surface area contributed by atoms with E-state index in [-0.39, 0.29) is 35.2 Å². The zero-order valence-electron chi connectivity index (χ0n) is 17.5. The predicted octanol–water partition coefficient (Wildman–Crippen LogP) is 2.00. The number of carbonyl (C=O) groups excluding carboxylic acids is 1. The highest BCUT2D eigenvalue weighted by Crippen LogP contribution is 2.41. The summed E-state index contributed by atoms with van der Waals surface area (Å²) in [6, 6.07) is 1.71. The number of hydrogen-bond donors (Lipinski definition) is 2. The molecule has 4 atom stereocenters. The standard InChI is InChI=1S/C21H32N4O4S/c1-13(14-6-8-22-9-7-14)30(27,28)25-17-4-5-18(25)11-16(10-17)23-21(26)19-12-20(29-24-19)15-2-3-15/h12-18,22H,2-11H2,1H3,(H,23,26)/t13-,16?,17-,18+/m1/s1. The number of rotatable bonds is 6.